The van der Waals surface area contributed by atoms with Crippen molar-refractivity contribution in [2.75, 3.05) is 39.3 Å². The first kappa shape index (κ1) is 22.5. The lowest BCUT2D eigenvalue weighted by molar-refractivity contribution is -0.146. The number of rotatable bonds is 14. The summed E-state index contributed by atoms with van der Waals surface area (Å²) in [5.74, 6) is -6.43. The first-order chi connectivity index (χ1) is 11.5. The molecule has 0 amide bonds. The predicted molar refractivity (Wildman–Crippen MR) is 82.2 cm³/mol. The summed E-state index contributed by atoms with van der Waals surface area (Å²) in [4.78, 5) is 57.1. The van der Waals surface area contributed by atoms with Gasteiger partial charge < -0.3 is 25.2 Å². The van der Waals surface area contributed by atoms with Crippen molar-refractivity contribution in [1.29, 1.82) is 0 Å². The molecule has 142 valence electrons. The van der Waals surface area contributed by atoms with Crippen LogP contribution in [0.15, 0.2) is 0 Å². The van der Waals surface area contributed by atoms with E-state index in [9.17, 15) is 24.0 Å². The lowest BCUT2D eigenvalue weighted by Gasteiger charge is -2.26. The van der Waals surface area contributed by atoms with Gasteiger partial charge in [-0.25, -0.2) is 0 Å². The molecule has 0 aromatic rings. The Hall–Kier alpha value is -2.53. The van der Waals surface area contributed by atoms with Crippen molar-refractivity contribution in [2.45, 2.75) is 13.3 Å². The Morgan fingerprint density at radius 1 is 0.760 bits per heavy atom. The molecule has 0 saturated heterocycles. The second kappa shape index (κ2) is 11.1. The van der Waals surface area contributed by atoms with Crippen LogP contribution in [0.2, 0.25) is 0 Å². The zero-order valence-corrected chi connectivity index (χ0v) is 13.8. The highest BCUT2D eigenvalue weighted by molar-refractivity contribution is 5.82. The highest BCUT2D eigenvalue weighted by atomic mass is 16.4. The van der Waals surface area contributed by atoms with E-state index in [0.29, 0.717) is 0 Å². The number of aliphatic carboxylic acids is 4. The lowest BCUT2D eigenvalue weighted by atomic mass is 10.0. The highest BCUT2D eigenvalue weighted by Gasteiger charge is 2.24. The lowest BCUT2D eigenvalue weighted by Crippen LogP contribution is -2.44. The normalized spacial score (nSPS) is 12.1. The smallest absolute Gasteiger partial charge is 0.317 e. The molecule has 0 aliphatic heterocycles. The molecule has 0 aliphatic rings. The third-order valence-corrected chi connectivity index (χ3v) is 3.17. The van der Waals surface area contributed by atoms with E-state index in [0.717, 1.165) is 4.90 Å². The molecule has 0 fully saturated rings. The molecule has 0 heterocycles. The summed E-state index contributed by atoms with van der Waals surface area (Å²) in [6.45, 7) is -0.775. The molecule has 11 heteroatoms. The molecule has 1 atom stereocenters. The van der Waals surface area contributed by atoms with Gasteiger partial charge in [-0.05, 0) is 6.92 Å². The van der Waals surface area contributed by atoms with Crippen LogP contribution in [0.1, 0.15) is 13.3 Å². The van der Waals surface area contributed by atoms with Crippen molar-refractivity contribution in [3.8, 4) is 0 Å². The minimum absolute atomic E-state index is 0.0610. The molecule has 0 aliphatic carbocycles. The van der Waals surface area contributed by atoms with Gasteiger partial charge in [-0.15, -0.1) is 0 Å². The summed E-state index contributed by atoms with van der Waals surface area (Å²) in [7, 11) is 0. The standard InChI is InChI=1S/C14H22N2O9/c1-9(17)4-10(14(24)25)5-15(6-11(18)19)2-3-16(7-12(20)21)8-13(22)23/h10H,2-8H2,1H3,(H,18,19)(H,20,21)(H,22,23)(H,24,25). The maximum Gasteiger partial charge on any atom is 0.317 e. The maximum absolute atomic E-state index is 11.2. The van der Waals surface area contributed by atoms with Crippen molar-refractivity contribution < 1.29 is 44.4 Å². The predicted octanol–water partition coefficient (Wildman–Crippen LogP) is -1.48. The molecule has 11 nitrogen and oxygen atoms in total. The molecule has 0 aromatic carbocycles. The molecular formula is C14H22N2O9. The molecule has 0 bridgehead atoms. The van der Waals surface area contributed by atoms with Gasteiger partial charge in [0.2, 0.25) is 0 Å². The molecule has 4 N–H and O–H groups in total. The van der Waals surface area contributed by atoms with Gasteiger partial charge in [-0.3, -0.25) is 29.0 Å². The van der Waals surface area contributed by atoms with Gasteiger partial charge in [0, 0.05) is 26.1 Å². The Labute approximate surface area is 143 Å². The number of hydrogen-bond acceptors (Lipinski definition) is 7. The summed E-state index contributed by atoms with van der Waals surface area (Å²) in [6, 6.07) is 0. The summed E-state index contributed by atoms with van der Waals surface area (Å²) in [6.07, 6.45) is -0.264. The number of carboxylic acids is 4. The number of carbonyl (C=O) groups excluding carboxylic acids is 1. The number of ketones is 1. The van der Waals surface area contributed by atoms with Crippen molar-refractivity contribution in [3.63, 3.8) is 0 Å². The average Bonchev–Trinajstić information content (AvgIpc) is 2.41. The van der Waals surface area contributed by atoms with E-state index in [4.69, 9.17) is 20.4 Å². The van der Waals surface area contributed by atoms with Gasteiger partial charge in [-0.2, -0.15) is 0 Å². The topological polar surface area (TPSA) is 173 Å². The van der Waals surface area contributed by atoms with Gasteiger partial charge in [0.15, 0.2) is 0 Å². The van der Waals surface area contributed by atoms with E-state index < -0.39 is 49.4 Å². The van der Waals surface area contributed by atoms with Crippen LogP contribution in [-0.4, -0.2) is 99.2 Å². The Morgan fingerprint density at radius 2 is 1.16 bits per heavy atom. The Bertz CT molecular complexity index is 504. The fourth-order valence-electron chi connectivity index (χ4n) is 2.19. The number of carboxylic acid groups (broad SMARTS) is 4. The van der Waals surface area contributed by atoms with E-state index in [1.54, 1.807) is 0 Å². The maximum atomic E-state index is 11.2. The van der Waals surface area contributed by atoms with Crippen LogP contribution in [0, 0.1) is 5.92 Å². The second-order valence-electron chi connectivity index (χ2n) is 5.57. The molecule has 0 spiro atoms. The average molecular weight is 362 g/mol. The number of Topliss-reactive ketones (excluding diaryl/α,β-unsaturated/α-hetero) is 1. The van der Waals surface area contributed by atoms with Crippen molar-refractivity contribution >= 4 is 29.7 Å². The van der Waals surface area contributed by atoms with E-state index in [1.807, 2.05) is 0 Å². The Morgan fingerprint density at radius 3 is 1.52 bits per heavy atom. The largest absolute Gasteiger partial charge is 0.481 e. The molecule has 0 rings (SSSR count). The first-order valence-electron chi connectivity index (χ1n) is 7.33. The van der Waals surface area contributed by atoms with Gasteiger partial charge in [0.05, 0.1) is 25.6 Å². The zero-order valence-electron chi connectivity index (χ0n) is 13.8. The van der Waals surface area contributed by atoms with Crippen molar-refractivity contribution in [3.05, 3.63) is 0 Å². The summed E-state index contributed by atoms with van der Waals surface area (Å²) in [5, 5.41) is 35.6. The van der Waals surface area contributed by atoms with Crippen molar-refractivity contribution in [2.24, 2.45) is 5.92 Å². The molecular weight excluding hydrogens is 340 g/mol. The van der Waals surface area contributed by atoms with E-state index in [1.165, 1.54) is 11.8 Å². The summed E-state index contributed by atoms with van der Waals surface area (Å²) in [5.41, 5.74) is 0. The molecule has 0 radical (unpaired) electrons. The first-order valence-corrected chi connectivity index (χ1v) is 7.33. The number of carbonyl (C=O) groups is 5. The second-order valence-corrected chi connectivity index (χ2v) is 5.57. The minimum atomic E-state index is -1.25. The molecule has 25 heavy (non-hydrogen) atoms. The SMILES string of the molecule is CC(=O)CC(CN(CCN(CC(=O)O)CC(=O)O)CC(=O)O)C(=O)O. The summed E-state index contributed by atoms with van der Waals surface area (Å²) >= 11 is 0. The van der Waals surface area contributed by atoms with Gasteiger partial charge in [0.25, 0.3) is 0 Å². The van der Waals surface area contributed by atoms with Crippen LogP contribution in [0.4, 0.5) is 0 Å². The fraction of sp³-hybridized carbons (Fsp3) is 0.643. The Kier molecular flexibility index (Phi) is 9.98. The van der Waals surface area contributed by atoms with E-state index in [2.05, 4.69) is 0 Å². The monoisotopic (exact) mass is 362 g/mol. The summed E-state index contributed by atoms with van der Waals surface area (Å²) < 4.78 is 0. The van der Waals surface area contributed by atoms with Crippen molar-refractivity contribution in [1.82, 2.24) is 9.80 Å². The highest BCUT2D eigenvalue weighted by Crippen LogP contribution is 2.08. The van der Waals surface area contributed by atoms with Gasteiger partial charge in [-0.1, -0.05) is 0 Å². The van der Waals surface area contributed by atoms with Crippen LogP contribution in [0.25, 0.3) is 0 Å². The number of nitrogens with zero attached hydrogens (tertiary/aromatic N) is 2. The minimum Gasteiger partial charge on any atom is -0.481 e. The van der Waals surface area contributed by atoms with Crippen LogP contribution >= 0.6 is 0 Å². The van der Waals surface area contributed by atoms with Crippen LogP contribution in [0.3, 0.4) is 0 Å². The quantitative estimate of drug-likeness (QED) is 0.284. The zero-order chi connectivity index (χ0) is 19.6. The van der Waals surface area contributed by atoms with Crippen LogP contribution in [-0.2, 0) is 24.0 Å². The van der Waals surface area contributed by atoms with Gasteiger partial charge >= 0.3 is 23.9 Å². The van der Waals surface area contributed by atoms with Crippen LogP contribution < -0.4 is 0 Å². The van der Waals surface area contributed by atoms with E-state index in [-0.39, 0.29) is 31.8 Å². The Balaban J connectivity index is 4.96. The molecule has 0 saturated carbocycles. The van der Waals surface area contributed by atoms with Crippen LogP contribution in [0.5, 0.6) is 0 Å². The third kappa shape index (κ3) is 11.6. The molecule has 0 aromatic heterocycles. The number of hydrogen-bond donors (Lipinski definition) is 4. The van der Waals surface area contributed by atoms with E-state index >= 15 is 0 Å². The fourth-order valence-corrected chi connectivity index (χ4v) is 2.19. The molecule has 1 unspecified atom stereocenters. The van der Waals surface area contributed by atoms with Gasteiger partial charge in [0.1, 0.15) is 5.78 Å². The third-order valence-electron chi connectivity index (χ3n) is 3.17.